The largest absolute Gasteiger partial charge is 0.466 e. The smallest absolute Gasteiger partial charge is 0.336 e. The number of hydrogen-bond donors (Lipinski definition) is 1. The molecule has 0 fully saturated rings. The van der Waals surface area contributed by atoms with Gasteiger partial charge in [-0.2, -0.15) is 0 Å². The number of carbonyl (C=O) groups excluding carboxylic acids is 1. The van der Waals surface area contributed by atoms with Gasteiger partial charge in [-0.15, -0.1) is 0 Å². The number of benzene rings is 1. The van der Waals surface area contributed by atoms with Crippen molar-refractivity contribution in [2.24, 2.45) is 0 Å². The van der Waals surface area contributed by atoms with E-state index in [0.29, 0.717) is 24.2 Å². The normalized spacial score (nSPS) is 24.1. The quantitative estimate of drug-likeness (QED) is 0.476. The average molecular weight is 392 g/mol. The standard InChI is InChI=1S/C18H20N2O6S/c1-11-15(18(21)26-2)16(12-7-3-4-9-14(12)20(22)23)17-13(19-11)8-5-6-10-27(17,24)25/h3-4,7-9,16-17,19H,5-6,10H2,1-2H3. The number of esters is 1. The molecule has 1 aromatic rings. The SMILES string of the molecule is COC(=O)C1=C(C)NC2=CCCCS(=O)(=O)C2C1c1ccccc1[N+](=O)[O-]. The molecule has 0 saturated carbocycles. The maximum atomic E-state index is 13.0. The van der Waals surface area contributed by atoms with Crippen LogP contribution in [0, 0.1) is 10.1 Å². The number of nitro benzene ring substituents is 1. The minimum atomic E-state index is -3.65. The van der Waals surface area contributed by atoms with Gasteiger partial charge < -0.3 is 10.1 Å². The molecule has 2 heterocycles. The molecule has 1 N–H and O–H groups in total. The lowest BCUT2D eigenvalue weighted by Crippen LogP contribution is -2.43. The van der Waals surface area contributed by atoms with E-state index in [9.17, 15) is 23.3 Å². The van der Waals surface area contributed by atoms with Crippen molar-refractivity contribution in [1.82, 2.24) is 5.32 Å². The number of ether oxygens (including phenoxy) is 1. The zero-order valence-corrected chi connectivity index (χ0v) is 15.8. The maximum Gasteiger partial charge on any atom is 0.336 e. The van der Waals surface area contributed by atoms with Crippen molar-refractivity contribution in [2.75, 3.05) is 12.9 Å². The number of nitrogens with one attached hydrogen (secondary N) is 1. The highest BCUT2D eigenvalue weighted by atomic mass is 32.2. The molecule has 2 unspecified atom stereocenters. The van der Waals surface area contributed by atoms with E-state index < -0.39 is 31.9 Å². The third-order valence-corrected chi connectivity index (χ3v) is 7.07. The first-order valence-electron chi connectivity index (χ1n) is 8.49. The molecule has 2 aliphatic rings. The predicted molar refractivity (Wildman–Crippen MR) is 98.6 cm³/mol. The van der Waals surface area contributed by atoms with E-state index >= 15 is 0 Å². The number of sulfone groups is 1. The van der Waals surface area contributed by atoms with Crippen molar-refractivity contribution in [3.05, 3.63) is 63.0 Å². The molecule has 0 aliphatic carbocycles. The van der Waals surface area contributed by atoms with Gasteiger partial charge in [0.05, 0.1) is 23.4 Å². The van der Waals surface area contributed by atoms with Crippen molar-refractivity contribution in [2.45, 2.75) is 30.9 Å². The number of carbonyl (C=O) groups is 1. The molecule has 0 saturated heterocycles. The molecule has 2 atom stereocenters. The van der Waals surface area contributed by atoms with Gasteiger partial charge in [0, 0.05) is 28.9 Å². The zero-order valence-electron chi connectivity index (χ0n) is 15.0. The lowest BCUT2D eigenvalue weighted by Gasteiger charge is -2.35. The van der Waals surface area contributed by atoms with E-state index in [1.807, 2.05) is 0 Å². The number of nitrogens with zero attached hydrogens (tertiary/aromatic N) is 1. The molecule has 3 rings (SSSR count). The fourth-order valence-corrected chi connectivity index (χ4v) is 5.84. The summed E-state index contributed by atoms with van der Waals surface area (Å²) >= 11 is 0. The summed E-state index contributed by atoms with van der Waals surface area (Å²) in [5, 5.41) is 13.5. The summed E-state index contributed by atoms with van der Waals surface area (Å²) in [6, 6.07) is 5.92. The second-order valence-electron chi connectivity index (χ2n) is 6.54. The Balaban J connectivity index is 2.34. The lowest BCUT2D eigenvalue weighted by molar-refractivity contribution is -0.385. The summed E-state index contributed by atoms with van der Waals surface area (Å²) in [7, 11) is -2.45. The summed E-state index contributed by atoms with van der Waals surface area (Å²) in [6.07, 6.45) is 2.83. The molecule has 0 bridgehead atoms. The van der Waals surface area contributed by atoms with E-state index in [1.54, 1.807) is 19.1 Å². The van der Waals surface area contributed by atoms with Gasteiger partial charge in [0.15, 0.2) is 9.84 Å². The van der Waals surface area contributed by atoms with E-state index in [1.165, 1.54) is 25.3 Å². The van der Waals surface area contributed by atoms with Crippen LogP contribution in [0.5, 0.6) is 0 Å². The van der Waals surface area contributed by atoms with Crippen molar-refractivity contribution >= 4 is 21.5 Å². The number of allylic oxidation sites excluding steroid dienone is 2. The highest BCUT2D eigenvalue weighted by Crippen LogP contribution is 2.44. The molecule has 144 valence electrons. The van der Waals surface area contributed by atoms with Crippen LogP contribution in [0.25, 0.3) is 0 Å². The van der Waals surface area contributed by atoms with Gasteiger partial charge >= 0.3 is 5.97 Å². The first kappa shape index (κ1) is 19.1. The van der Waals surface area contributed by atoms with Gasteiger partial charge in [-0.25, -0.2) is 13.2 Å². The number of nitro groups is 1. The van der Waals surface area contributed by atoms with Gasteiger partial charge in [0.25, 0.3) is 5.69 Å². The summed E-state index contributed by atoms with van der Waals surface area (Å²) in [5.41, 5.74) is 0.951. The van der Waals surface area contributed by atoms with Crippen LogP contribution in [0.4, 0.5) is 5.69 Å². The summed E-state index contributed by atoms with van der Waals surface area (Å²) in [4.78, 5) is 23.5. The maximum absolute atomic E-state index is 13.0. The van der Waals surface area contributed by atoms with Crippen LogP contribution in [-0.2, 0) is 19.4 Å². The van der Waals surface area contributed by atoms with Crippen LogP contribution in [-0.4, -0.2) is 37.4 Å². The molecule has 9 heteroatoms. The summed E-state index contributed by atoms with van der Waals surface area (Å²) < 4.78 is 30.9. The number of methoxy groups -OCH3 is 1. The molecule has 2 aliphatic heterocycles. The minimum absolute atomic E-state index is 0.0516. The van der Waals surface area contributed by atoms with Crippen LogP contribution in [0.15, 0.2) is 47.3 Å². The molecule has 0 radical (unpaired) electrons. The van der Waals surface area contributed by atoms with Gasteiger partial charge in [0.1, 0.15) is 5.25 Å². The number of para-hydroxylation sites is 1. The lowest BCUT2D eigenvalue weighted by atomic mass is 9.82. The van der Waals surface area contributed by atoms with Crippen molar-refractivity contribution in [1.29, 1.82) is 0 Å². The Morgan fingerprint density at radius 1 is 1.33 bits per heavy atom. The molecule has 27 heavy (non-hydrogen) atoms. The Morgan fingerprint density at radius 2 is 2.04 bits per heavy atom. The molecule has 0 aromatic heterocycles. The monoisotopic (exact) mass is 392 g/mol. The van der Waals surface area contributed by atoms with Crippen LogP contribution < -0.4 is 5.32 Å². The fourth-order valence-electron chi connectivity index (χ4n) is 3.78. The van der Waals surface area contributed by atoms with Crippen molar-refractivity contribution in [3.8, 4) is 0 Å². The Bertz CT molecular complexity index is 964. The first-order chi connectivity index (χ1) is 12.8. The molecule has 0 amide bonds. The molecule has 0 spiro atoms. The third-order valence-electron chi connectivity index (χ3n) is 4.91. The molecule has 1 aromatic carbocycles. The molecular formula is C18H20N2O6S. The molecule has 8 nitrogen and oxygen atoms in total. The number of rotatable bonds is 3. The first-order valence-corrected chi connectivity index (χ1v) is 10.2. The second kappa shape index (κ2) is 7.15. The average Bonchev–Trinajstić information content (AvgIpc) is 2.78. The topological polar surface area (TPSA) is 116 Å². The van der Waals surface area contributed by atoms with Gasteiger partial charge in [-0.3, -0.25) is 10.1 Å². The molecular weight excluding hydrogens is 372 g/mol. The Kier molecular flexibility index (Phi) is 5.05. The van der Waals surface area contributed by atoms with Gasteiger partial charge in [0.2, 0.25) is 0 Å². The number of hydrogen-bond acceptors (Lipinski definition) is 7. The van der Waals surface area contributed by atoms with E-state index in [0.717, 1.165) is 0 Å². The van der Waals surface area contributed by atoms with Crippen molar-refractivity contribution in [3.63, 3.8) is 0 Å². The van der Waals surface area contributed by atoms with Crippen LogP contribution in [0.2, 0.25) is 0 Å². The van der Waals surface area contributed by atoms with Crippen LogP contribution in [0.3, 0.4) is 0 Å². The minimum Gasteiger partial charge on any atom is -0.466 e. The Hall–Kier alpha value is -2.68. The number of fused-ring (bicyclic) bond motifs is 1. The van der Waals surface area contributed by atoms with E-state index in [4.69, 9.17) is 4.74 Å². The van der Waals surface area contributed by atoms with Crippen LogP contribution in [0.1, 0.15) is 31.2 Å². The fraction of sp³-hybridized carbons (Fsp3) is 0.389. The van der Waals surface area contributed by atoms with Crippen LogP contribution >= 0.6 is 0 Å². The van der Waals surface area contributed by atoms with E-state index in [-0.39, 0.29) is 22.6 Å². The summed E-state index contributed by atoms with van der Waals surface area (Å²) in [6.45, 7) is 1.64. The van der Waals surface area contributed by atoms with Gasteiger partial charge in [-0.05, 0) is 19.8 Å². The summed E-state index contributed by atoms with van der Waals surface area (Å²) in [5.74, 6) is -1.78. The predicted octanol–water partition coefficient (Wildman–Crippen LogP) is 2.19. The highest BCUT2D eigenvalue weighted by Gasteiger charge is 2.47. The van der Waals surface area contributed by atoms with Gasteiger partial charge in [-0.1, -0.05) is 24.3 Å². The highest BCUT2D eigenvalue weighted by molar-refractivity contribution is 7.92. The zero-order chi connectivity index (χ0) is 19.8. The van der Waals surface area contributed by atoms with E-state index in [2.05, 4.69) is 5.32 Å². The second-order valence-corrected chi connectivity index (χ2v) is 8.78. The van der Waals surface area contributed by atoms with Crippen molar-refractivity contribution < 1.29 is 22.9 Å². The third kappa shape index (κ3) is 3.34. The Labute approximate surface area is 157 Å². The Morgan fingerprint density at radius 3 is 2.70 bits per heavy atom.